The summed E-state index contributed by atoms with van der Waals surface area (Å²) in [4.78, 5) is 0. The molecule has 20 heavy (non-hydrogen) atoms. The van der Waals surface area contributed by atoms with Gasteiger partial charge in [0.2, 0.25) is 0 Å². The summed E-state index contributed by atoms with van der Waals surface area (Å²) in [5.41, 5.74) is 8.24. The molecule has 4 nitrogen and oxygen atoms in total. The maximum absolute atomic E-state index is 6.19. The monoisotopic (exact) mass is 293 g/mol. The van der Waals surface area contributed by atoms with Crippen molar-refractivity contribution in [2.45, 2.75) is 32.9 Å². The summed E-state index contributed by atoms with van der Waals surface area (Å²) in [6, 6.07) is 7.80. The predicted octanol–water partition coefficient (Wildman–Crippen LogP) is 3.33. The van der Waals surface area contributed by atoms with Gasteiger partial charge in [0.1, 0.15) is 5.75 Å². The Bertz CT molecular complexity index is 568. The number of rotatable bonds is 6. The number of aromatic nitrogens is 2. The van der Waals surface area contributed by atoms with Crippen molar-refractivity contribution in [2.24, 2.45) is 5.73 Å². The van der Waals surface area contributed by atoms with Gasteiger partial charge in [-0.1, -0.05) is 23.7 Å². The van der Waals surface area contributed by atoms with Gasteiger partial charge in [-0.05, 0) is 31.5 Å². The molecule has 1 aromatic carbocycles. The second-order valence-electron chi connectivity index (χ2n) is 4.75. The number of ether oxygens (including phenoxy) is 1. The van der Waals surface area contributed by atoms with Crippen LogP contribution in [0.2, 0.25) is 5.02 Å². The Kier molecular flexibility index (Phi) is 5.04. The van der Waals surface area contributed by atoms with Crippen LogP contribution in [0.3, 0.4) is 0 Å². The van der Waals surface area contributed by atoms with Gasteiger partial charge < -0.3 is 10.5 Å². The minimum absolute atomic E-state index is 0.172. The summed E-state index contributed by atoms with van der Waals surface area (Å²) < 4.78 is 7.55. The molecule has 2 rings (SSSR count). The number of aryl methyl sites for hydroxylation is 2. The van der Waals surface area contributed by atoms with E-state index < -0.39 is 0 Å². The van der Waals surface area contributed by atoms with Gasteiger partial charge in [-0.2, -0.15) is 5.10 Å². The first kappa shape index (κ1) is 14.9. The van der Waals surface area contributed by atoms with E-state index in [1.807, 2.05) is 42.8 Å². The van der Waals surface area contributed by atoms with Gasteiger partial charge in [-0.3, -0.25) is 4.68 Å². The van der Waals surface area contributed by atoms with Gasteiger partial charge in [-0.15, -0.1) is 0 Å². The smallest absolute Gasteiger partial charge is 0.119 e. The van der Waals surface area contributed by atoms with Crippen LogP contribution in [0.15, 0.2) is 30.5 Å². The van der Waals surface area contributed by atoms with E-state index >= 15 is 0 Å². The second kappa shape index (κ2) is 6.77. The molecule has 0 spiro atoms. The molecule has 0 aliphatic rings. The van der Waals surface area contributed by atoms with Gasteiger partial charge in [0.25, 0.3) is 0 Å². The summed E-state index contributed by atoms with van der Waals surface area (Å²) in [5, 5.41) is 4.82. The third kappa shape index (κ3) is 3.52. The van der Waals surface area contributed by atoms with Gasteiger partial charge in [0.05, 0.1) is 29.6 Å². The molecule has 2 N–H and O–H groups in total. The molecule has 1 unspecified atom stereocenters. The molecule has 0 radical (unpaired) electrons. The Morgan fingerprint density at radius 1 is 1.45 bits per heavy atom. The highest BCUT2D eigenvalue weighted by atomic mass is 35.5. The number of benzene rings is 1. The number of hydrogen-bond donors (Lipinski definition) is 1. The van der Waals surface area contributed by atoms with Gasteiger partial charge in [0, 0.05) is 13.0 Å². The quantitative estimate of drug-likeness (QED) is 0.889. The summed E-state index contributed by atoms with van der Waals surface area (Å²) in [6.45, 7) is 5.37. The van der Waals surface area contributed by atoms with Crippen LogP contribution in [-0.4, -0.2) is 16.4 Å². The van der Waals surface area contributed by atoms with Gasteiger partial charge in [0.15, 0.2) is 0 Å². The lowest BCUT2D eigenvalue weighted by molar-refractivity contribution is 0.295. The van der Waals surface area contributed by atoms with Crippen LogP contribution in [0.4, 0.5) is 0 Å². The fourth-order valence-electron chi connectivity index (χ4n) is 2.14. The van der Waals surface area contributed by atoms with E-state index in [4.69, 9.17) is 22.1 Å². The molecule has 2 aromatic rings. The minimum atomic E-state index is -0.172. The molecule has 1 aromatic heterocycles. The van der Waals surface area contributed by atoms with E-state index in [-0.39, 0.29) is 6.04 Å². The summed E-state index contributed by atoms with van der Waals surface area (Å²) >= 11 is 6.13. The van der Waals surface area contributed by atoms with E-state index in [2.05, 4.69) is 5.10 Å². The van der Waals surface area contributed by atoms with Crippen LogP contribution < -0.4 is 10.5 Å². The molecule has 0 aliphatic carbocycles. The fourth-order valence-corrected chi connectivity index (χ4v) is 2.42. The first-order valence-electron chi connectivity index (χ1n) is 6.78. The van der Waals surface area contributed by atoms with Crippen LogP contribution in [0, 0.1) is 6.92 Å². The molecule has 0 saturated heterocycles. The first-order valence-corrected chi connectivity index (χ1v) is 7.16. The lowest BCUT2D eigenvalue weighted by Gasteiger charge is -2.15. The van der Waals surface area contributed by atoms with Crippen molar-refractivity contribution in [2.75, 3.05) is 6.61 Å². The van der Waals surface area contributed by atoms with E-state index in [0.29, 0.717) is 18.1 Å². The first-order chi connectivity index (χ1) is 9.61. The Hall–Kier alpha value is -1.52. The van der Waals surface area contributed by atoms with Crippen molar-refractivity contribution in [3.63, 3.8) is 0 Å². The maximum atomic E-state index is 6.19. The Morgan fingerprint density at radius 2 is 2.25 bits per heavy atom. The average molecular weight is 294 g/mol. The van der Waals surface area contributed by atoms with E-state index in [1.165, 1.54) is 5.56 Å². The molecule has 1 heterocycles. The fraction of sp³-hybridized carbons (Fsp3) is 0.400. The zero-order chi connectivity index (χ0) is 14.5. The highest BCUT2D eigenvalue weighted by Gasteiger charge is 2.16. The summed E-state index contributed by atoms with van der Waals surface area (Å²) in [6.07, 6.45) is 2.33. The van der Waals surface area contributed by atoms with Crippen molar-refractivity contribution in [3.05, 3.63) is 46.7 Å². The number of hydrogen-bond acceptors (Lipinski definition) is 3. The Morgan fingerprint density at radius 3 is 2.95 bits per heavy atom. The minimum Gasteiger partial charge on any atom is -0.494 e. The van der Waals surface area contributed by atoms with Crippen molar-refractivity contribution in [3.8, 4) is 5.75 Å². The zero-order valence-corrected chi connectivity index (χ0v) is 12.6. The molecule has 0 bridgehead atoms. The Balaban J connectivity index is 1.92. The summed E-state index contributed by atoms with van der Waals surface area (Å²) in [7, 11) is 0. The van der Waals surface area contributed by atoms with E-state index in [1.54, 1.807) is 6.20 Å². The zero-order valence-electron chi connectivity index (χ0n) is 11.8. The molecular weight excluding hydrogens is 274 g/mol. The standard InChI is InChI=1S/C15H20ClN3O/c1-3-19-15(13(16)10-18-19)14(17)7-8-20-12-6-4-5-11(2)9-12/h4-6,9-10,14H,3,7-8,17H2,1-2H3. The highest BCUT2D eigenvalue weighted by molar-refractivity contribution is 6.31. The Labute approximate surface area is 124 Å². The van der Waals surface area contributed by atoms with Gasteiger partial charge in [-0.25, -0.2) is 0 Å². The average Bonchev–Trinajstić information content (AvgIpc) is 2.80. The number of halogens is 1. The van der Waals surface area contributed by atoms with Crippen molar-refractivity contribution >= 4 is 11.6 Å². The molecule has 5 heteroatoms. The normalized spacial score (nSPS) is 12.4. The van der Waals surface area contributed by atoms with Crippen LogP contribution in [0.1, 0.15) is 30.6 Å². The SMILES string of the molecule is CCn1ncc(Cl)c1C(N)CCOc1cccc(C)c1. The third-order valence-corrected chi connectivity index (χ3v) is 3.46. The van der Waals surface area contributed by atoms with Crippen LogP contribution in [0.5, 0.6) is 5.75 Å². The largest absolute Gasteiger partial charge is 0.494 e. The lowest BCUT2D eigenvalue weighted by Crippen LogP contribution is -2.19. The topological polar surface area (TPSA) is 53.1 Å². The molecule has 1 atom stereocenters. The number of nitrogens with two attached hydrogens (primary N) is 1. The molecule has 0 saturated carbocycles. The molecule has 0 fully saturated rings. The van der Waals surface area contributed by atoms with Crippen molar-refractivity contribution in [1.82, 2.24) is 9.78 Å². The van der Waals surface area contributed by atoms with Crippen LogP contribution >= 0.6 is 11.6 Å². The highest BCUT2D eigenvalue weighted by Crippen LogP contribution is 2.23. The predicted molar refractivity (Wildman–Crippen MR) is 81.1 cm³/mol. The van der Waals surface area contributed by atoms with Crippen LogP contribution in [0.25, 0.3) is 0 Å². The van der Waals surface area contributed by atoms with Crippen molar-refractivity contribution < 1.29 is 4.74 Å². The van der Waals surface area contributed by atoms with Crippen molar-refractivity contribution in [1.29, 1.82) is 0 Å². The molecular formula is C15H20ClN3O. The third-order valence-electron chi connectivity index (χ3n) is 3.17. The summed E-state index contributed by atoms with van der Waals surface area (Å²) in [5.74, 6) is 0.868. The maximum Gasteiger partial charge on any atom is 0.119 e. The lowest BCUT2D eigenvalue weighted by atomic mass is 10.1. The molecule has 0 amide bonds. The van der Waals surface area contributed by atoms with Gasteiger partial charge >= 0.3 is 0 Å². The second-order valence-corrected chi connectivity index (χ2v) is 5.16. The van der Waals surface area contributed by atoms with E-state index in [0.717, 1.165) is 18.0 Å². The number of nitrogens with zero attached hydrogens (tertiary/aromatic N) is 2. The van der Waals surface area contributed by atoms with Crippen LogP contribution in [-0.2, 0) is 6.54 Å². The molecule has 0 aliphatic heterocycles. The molecule has 108 valence electrons. The van der Waals surface area contributed by atoms with E-state index in [9.17, 15) is 0 Å².